The minimum Gasteiger partial charge on any atom is -0.497 e. The van der Waals surface area contributed by atoms with Gasteiger partial charge in [0.1, 0.15) is 5.75 Å². The van der Waals surface area contributed by atoms with E-state index < -0.39 is 0 Å². The summed E-state index contributed by atoms with van der Waals surface area (Å²) >= 11 is 0. The van der Waals surface area contributed by atoms with Crippen molar-refractivity contribution in [2.45, 2.75) is 20.3 Å². The van der Waals surface area contributed by atoms with Gasteiger partial charge in [0.15, 0.2) is 0 Å². The molecule has 0 aliphatic heterocycles. The third kappa shape index (κ3) is 3.72. The number of aryl methyl sites for hydroxylation is 1. The van der Waals surface area contributed by atoms with Crippen molar-refractivity contribution < 1.29 is 9.84 Å². The van der Waals surface area contributed by atoms with Crippen LogP contribution in [0.25, 0.3) is 0 Å². The van der Waals surface area contributed by atoms with Crippen molar-refractivity contribution >= 4 is 0 Å². The van der Waals surface area contributed by atoms with Crippen molar-refractivity contribution in [1.29, 1.82) is 0 Å². The normalized spacial score (nSPS) is 14.4. The molecule has 2 atom stereocenters. The fourth-order valence-corrected chi connectivity index (χ4v) is 2.02. The predicted molar refractivity (Wildman–Crippen MR) is 70.2 cm³/mol. The summed E-state index contributed by atoms with van der Waals surface area (Å²) < 4.78 is 5.18. The van der Waals surface area contributed by atoms with Crippen LogP contribution in [0.5, 0.6) is 5.75 Å². The lowest BCUT2D eigenvalue weighted by Gasteiger charge is -2.21. The summed E-state index contributed by atoms with van der Waals surface area (Å²) in [5.41, 5.74) is 8.16. The predicted octanol–water partition coefficient (Wildman–Crippen LogP) is 1.75. The second-order valence-corrected chi connectivity index (χ2v) is 4.65. The van der Waals surface area contributed by atoms with Gasteiger partial charge in [0.2, 0.25) is 0 Å². The Morgan fingerprint density at radius 1 is 1.41 bits per heavy atom. The largest absolute Gasteiger partial charge is 0.497 e. The minimum absolute atomic E-state index is 0.160. The maximum Gasteiger partial charge on any atom is 0.119 e. The monoisotopic (exact) mass is 237 g/mol. The first-order chi connectivity index (χ1) is 8.12. The summed E-state index contributed by atoms with van der Waals surface area (Å²) in [7, 11) is 1.67. The molecular formula is C14H23NO2. The molecule has 0 aliphatic carbocycles. The van der Waals surface area contributed by atoms with Gasteiger partial charge in [-0.1, -0.05) is 13.0 Å². The second kappa shape index (κ2) is 6.62. The average molecular weight is 237 g/mol. The molecule has 0 heterocycles. The molecule has 0 amide bonds. The molecule has 0 bridgehead atoms. The molecule has 17 heavy (non-hydrogen) atoms. The highest BCUT2D eigenvalue weighted by molar-refractivity contribution is 5.35. The van der Waals surface area contributed by atoms with Crippen molar-refractivity contribution in [2.75, 3.05) is 20.3 Å². The van der Waals surface area contributed by atoms with E-state index in [1.165, 1.54) is 11.1 Å². The SMILES string of the molecule is COc1ccc(CC(C)C(CN)CO)c(C)c1. The number of ether oxygens (including phenoxy) is 1. The summed E-state index contributed by atoms with van der Waals surface area (Å²) in [5.74, 6) is 1.45. The van der Waals surface area contributed by atoms with Gasteiger partial charge >= 0.3 is 0 Å². The number of aliphatic hydroxyl groups excluding tert-OH is 1. The third-order valence-corrected chi connectivity index (χ3v) is 3.43. The van der Waals surface area contributed by atoms with Gasteiger partial charge in [0.05, 0.1) is 7.11 Å². The van der Waals surface area contributed by atoms with E-state index in [2.05, 4.69) is 19.9 Å². The van der Waals surface area contributed by atoms with Crippen LogP contribution in [0.3, 0.4) is 0 Å². The Morgan fingerprint density at radius 2 is 2.12 bits per heavy atom. The number of hydrogen-bond acceptors (Lipinski definition) is 3. The molecule has 1 aromatic rings. The van der Waals surface area contributed by atoms with Crippen molar-refractivity contribution in [3.8, 4) is 5.75 Å². The molecule has 0 saturated heterocycles. The fourth-order valence-electron chi connectivity index (χ4n) is 2.02. The van der Waals surface area contributed by atoms with Gasteiger partial charge in [-0.25, -0.2) is 0 Å². The van der Waals surface area contributed by atoms with E-state index in [1.54, 1.807) is 7.11 Å². The van der Waals surface area contributed by atoms with Gasteiger partial charge in [-0.05, 0) is 55.0 Å². The van der Waals surface area contributed by atoms with Crippen molar-refractivity contribution in [1.82, 2.24) is 0 Å². The molecule has 3 nitrogen and oxygen atoms in total. The lowest BCUT2D eigenvalue weighted by Crippen LogP contribution is -2.26. The Morgan fingerprint density at radius 3 is 2.59 bits per heavy atom. The van der Waals surface area contributed by atoms with Crippen LogP contribution in [-0.2, 0) is 6.42 Å². The van der Waals surface area contributed by atoms with E-state index in [0.717, 1.165) is 12.2 Å². The van der Waals surface area contributed by atoms with Crippen LogP contribution in [0, 0.1) is 18.8 Å². The van der Waals surface area contributed by atoms with E-state index in [9.17, 15) is 5.11 Å². The summed E-state index contributed by atoms with van der Waals surface area (Å²) in [4.78, 5) is 0. The minimum atomic E-state index is 0.160. The summed E-state index contributed by atoms with van der Waals surface area (Å²) in [6.45, 7) is 4.91. The van der Waals surface area contributed by atoms with Crippen LogP contribution in [0.1, 0.15) is 18.1 Å². The van der Waals surface area contributed by atoms with Crippen LogP contribution in [-0.4, -0.2) is 25.4 Å². The van der Waals surface area contributed by atoms with Crippen LogP contribution >= 0.6 is 0 Å². The molecule has 1 rings (SSSR count). The maximum absolute atomic E-state index is 9.23. The summed E-state index contributed by atoms with van der Waals surface area (Å²) in [5, 5.41) is 9.23. The number of aliphatic hydroxyl groups is 1. The zero-order valence-electron chi connectivity index (χ0n) is 10.9. The highest BCUT2D eigenvalue weighted by atomic mass is 16.5. The Bertz CT molecular complexity index is 348. The van der Waals surface area contributed by atoms with E-state index >= 15 is 0 Å². The Labute approximate surface area is 104 Å². The van der Waals surface area contributed by atoms with E-state index in [0.29, 0.717) is 12.5 Å². The van der Waals surface area contributed by atoms with Crippen molar-refractivity contribution in [2.24, 2.45) is 17.6 Å². The molecule has 0 aromatic heterocycles. The first kappa shape index (κ1) is 14.0. The molecule has 0 spiro atoms. The zero-order chi connectivity index (χ0) is 12.8. The van der Waals surface area contributed by atoms with Crippen LogP contribution in [0.4, 0.5) is 0 Å². The topological polar surface area (TPSA) is 55.5 Å². The average Bonchev–Trinajstić information content (AvgIpc) is 2.33. The molecule has 0 radical (unpaired) electrons. The number of nitrogens with two attached hydrogens (primary N) is 1. The molecule has 3 heteroatoms. The van der Waals surface area contributed by atoms with Gasteiger partial charge in [-0.2, -0.15) is 0 Å². The van der Waals surface area contributed by atoms with Gasteiger partial charge < -0.3 is 15.6 Å². The molecule has 3 N–H and O–H groups in total. The number of rotatable bonds is 6. The molecule has 1 aromatic carbocycles. The Balaban J connectivity index is 2.74. The van der Waals surface area contributed by atoms with Crippen molar-refractivity contribution in [3.05, 3.63) is 29.3 Å². The quantitative estimate of drug-likeness (QED) is 0.792. The standard InChI is InChI=1S/C14H23NO2/c1-10(13(8-15)9-16)6-12-4-5-14(17-3)7-11(12)2/h4-5,7,10,13,16H,6,8-9,15H2,1-3H3. The lowest BCUT2D eigenvalue weighted by atomic mass is 9.87. The van der Waals surface area contributed by atoms with Gasteiger partial charge in [-0.15, -0.1) is 0 Å². The highest BCUT2D eigenvalue weighted by Gasteiger charge is 2.16. The highest BCUT2D eigenvalue weighted by Crippen LogP contribution is 2.22. The van der Waals surface area contributed by atoms with E-state index in [4.69, 9.17) is 10.5 Å². The van der Waals surface area contributed by atoms with Gasteiger partial charge in [-0.3, -0.25) is 0 Å². The molecule has 0 fully saturated rings. The lowest BCUT2D eigenvalue weighted by molar-refractivity contribution is 0.187. The second-order valence-electron chi connectivity index (χ2n) is 4.65. The summed E-state index contributed by atoms with van der Waals surface area (Å²) in [6, 6.07) is 6.11. The first-order valence-corrected chi connectivity index (χ1v) is 6.06. The molecular weight excluding hydrogens is 214 g/mol. The summed E-state index contributed by atoms with van der Waals surface area (Å²) in [6.07, 6.45) is 0.943. The molecule has 0 aliphatic rings. The zero-order valence-corrected chi connectivity index (χ0v) is 10.9. The molecule has 96 valence electrons. The van der Waals surface area contributed by atoms with Gasteiger partial charge in [0, 0.05) is 6.61 Å². The number of benzene rings is 1. The van der Waals surface area contributed by atoms with Crippen LogP contribution in [0.2, 0.25) is 0 Å². The number of hydrogen-bond donors (Lipinski definition) is 2. The third-order valence-electron chi connectivity index (χ3n) is 3.43. The first-order valence-electron chi connectivity index (χ1n) is 6.06. The molecule has 0 saturated carbocycles. The van der Waals surface area contributed by atoms with E-state index in [-0.39, 0.29) is 12.5 Å². The van der Waals surface area contributed by atoms with Crippen molar-refractivity contribution in [3.63, 3.8) is 0 Å². The Kier molecular flexibility index (Phi) is 5.45. The smallest absolute Gasteiger partial charge is 0.119 e. The van der Waals surface area contributed by atoms with Crippen LogP contribution in [0.15, 0.2) is 18.2 Å². The number of methoxy groups -OCH3 is 1. The fraction of sp³-hybridized carbons (Fsp3) is 0.571. The Hall–Kier alpha value is -1.06. The van der Waals surface area contributed by atoms with Gasteiger partial charge in [0.25, 0.3) is 0 Å². The van der Waals surface area contributed by atoms with E-state index in [1.807, 2.05) is 12.1 Å². The molecule has 2 unspecified atom stereocenters. The maximum atomic E-state index is 9.23. The van der Waals surface area contributed by atoms with Crippen LogP contribution < -0.4 is 10.5 Å².